The van der Waals surface area contributed by atoms with Gasteiger partial charge in [0.2, 0.25) is 0 Å². The molecule has 0 radical (unpaired) electrons. The Morgan fingerprint density at radius 2 is 1.96 bits per heavy atom. The molecular formula is C18H12Cl2N2O2S. The normalized spacial score (nSPS) is 11.4. The molecule has 0 unspecified atom stereocenters. The van der Waals surface area contributed by atoms with Gasteiger partial charge in [0.05, 0.1) is 23.4 Å². The van der Waals surface area contributed by atoms with Crippen LogP contribution in [0.3, 0.4) is 0 Å². The van der Waals surface area contributed by atoms with E-state index in [-0.39, 0.29) is 0 Å². The van der Waals surface area contributed by atoms with Crippen LogP contribution in [-0.2, 0) is 9.53 Å². The molecule has 0 atom stereocenters. The van der Waals surface area contributed by atoms with Crippen LogP contribution in [0.4, 0.5) is 0 Å². The zero-order valence-electron chi connectivity index (χ0n) is 13.1. The minimum Gasteiger partial charge on any atom is -0.465 e. The predicted octanol–water partition coefficient (Wildman–Crippen LogP) is 5.23. The number of carbonyl (C=O) groups is 1. The Hall–Kier alpha value is -2.21. The lowest BCUT2D eigenvalue weighted by Gasteiger charge is -2.04. The maximum absolute atomic E-state index is 12.1. The van der Waals surface area contributed by atoms with E-state index in [0.29, 0.717) is 31.9 Å². The zero-order valence-corrected chi connectivity index (χ0v) is 15.4. The SMILES string of the molecule is COC(=O)/C(=C/c1nc(-c2cc(Cl)ccc2Cl)cs1)c1ccncc1. The van der Waals surface area contributed by atoms with E-state index in [1.54, 1.807) is 48.8 Å². The first kappa shape index (κ1) is 17.6. The van der Waals surface area contributed by atoms with Crippen LogP contribution < -0.4 is 0 Å². The molecule has 1 aromatic carbocycles. The Morgan fingerprint density at radius 3 is 2.68 bits per heavy atom. The molecule has 0 saturated carbocycles. The molecule has 3 rings (SSSR count). The Morgan fingerprint density at radius 1 is 1.20 bits per heavy atom. The van der Waals surface area contributed by atoms with Crippen LogP contribution in [0.2, 0.25) is 10.0 Å². The smallest absolute Gasteiger partial charge is 0.338 e. The van der Waals surface area contributed by atoms with Crippen LogP contribution in [0.5, 0.6) is 0 Å². The van der Waals surface area contributed by atoms with Gasteiger partial charge in [0.15, 0.2) is 0 Å². The van der Waals surface area contributed by atoms with Crippen LogP contribution >= 0.6 is 34.5 Å². The molecule has 126 valence electrons. The van der Waals surface area contributed by atoms with E-state index in [4.69, 9.17) is 27.9 Å². The molecule has 0 aliphatic carbocycles. The average molecular weight is 391 g/mol. The van der Waals surface area contributed by atoms with Gasteiger partial charge >= 0.3 is 5.97 Å². The highest BCUT2D eigenvalue weighted by atomic mass is 35.5. The zero-order chi connectivity index (χ0) is 17.8. The fourth-order valence-electron chi connectivity index (χ4n) is 2.20. The average Bonchev–Trinajstić information content (AvgIpc) is 3.10. The second kappa shape index (κ2) is 7.78. The van der Waals surface area contributed by atoms with E-state index in [1.807, 2.05) is 5.38 Å². The number of nitrogens with zero attached hydrogens (tertiary/aromatic N) is 2. The van der Waals surface area contributed by atoms with Crippen molar-refractivity contribution in [1.82, 2.24) is 9.97 Å². The maximum atomic E-state index is 12.1. The van der Waals surface area contributed by atoms with Crippen LogP contribution in [0, 0.1) is 0 Å². The Balaban J connectivity index is 2.01. The summed E-state index contributed by atoms with van der Waals surface area (Å²) >= 11 is 13.7. The molecule has 0 bridgehead atoms. The molecule has 0 N–H and O–H groups in total. The minimum atomic E-state index is -0.441. The molecule has 0 spiro atoms. The maximum Gasteiger partial charge on any atom is 0.338 e. The Bertz CT molecular complexity index is 939. The Kier molecular flexibility index (Phi) is 5.48. The van der Waals surface area contributed by atoms with E-state index in [2.05, 4.69) is 9.97 Å². The van der Waals surface area contributed by atoms with Crippen molar-refractivity contribution < 1.29 is 9.53 Å². The Labute approximate surface area is 158 Å². The van der Waals surface area contributed by atoms with Crippen molar-refractivity contribution >= 4 is 52.2 Å². The second-order valence-corrected chi connectivity index (χ2v) is 6.71. The lowest BCUT2D eigenvalue weighted by molar-refractivity contribution is -0.133. The van der Waals surface area contributed by atoms with Crippen molar-refractivity contribution in [3.63, 3.8) is 0 Å². The largest absolute Gasteiger partial charge is 0.465 e. The van der Waals surface area contributed by atoms with Crippen molar-refractivity contribution in [2.75, 3.05) is 7.11 Å². The van der Waals surface area contributed by atoms with E-state index in [1.165, 1.54) is 18.4 Å². The van der Waals surface area contributed by atoms with Gasteiger partial charge in [-0.15, -0.1) is 11.3 Å². The highest BCUT2D eigenvalue weighted by Gasteiger charge is 2.14. The summed E-state index contributed by atoms with van der Waals surface area (Å²) in [4.78, 5) is 20.6. The third-order valence-electron chi connectivity index (χ3n) is 3.39. The summed E-state index contributed by atoms with van der Waals surface area (Å²) in [5, 5.41) is 3.66. The molecule has 0 aliphatic rings. The van der Waals surface area contributed by atoms with E-state index in [0.717, 1.165) is 5.56 Å². The molecule has 0 fully saturated rings. The van der Waals surface area contributed by atoms with Crippen molar-refractivity contribution in [2.24, 2.45) is 0 Å². The highest BCUT2D eigenvalue weighted by molar-refractivity contribution is 7.11. The van der Waals surface area contributed by atoms with Crippen molar-refractivity contribution in [2.45, 2.75) is 0 Å². The van der Waals surface area contributed by atoms with Crippen LogP contribution in [0.1, 0.15) is 10.6 Å². The topological polar surface area (TPSA) is 52.1 Å². The minimum absolute atomic E-state index is 0.406. The molecule has 2 heterocycles. The first-order chi connectivity index (χ1) is 12.1. The van der Waals surface area contributed by atoms with Crippen molar-refractivity contribution in [1.29, 1.82) is 0 Å². The number of methoxy groups -OCH3 is 1. The molecule has 0 saturated heterocycles. The van der Waals surface area contributed by atoms with Crippen LogP contribution in [0.15, 0.2) is 48.1 Å². The summed E-state index contributed by atoms with van der Waals surface area (Å²) in [6, 6.07) is 8.69. The third kappa shape index (κ3) is 4.07. The number of aromatic nitrogens is 2. The number of benzene rings is 1. The number of carbonyl (C=O) groups excluding carboxylic acids is 1. The van der Waals surface area contributed by atoms with Crippen LogP contribution in [-0.4, -0.2) is 23.0 Å². The van der Waals surface area contributed by atoms with Gasteiger partial charge < -0.3 is 4.74 Å². The number of thiazole rings is 1. The lowest BCUT2D eigenvalue weighted by Crippen LogP contribution is -2.03. The van der Waals surface area contributed by atoms with E-state index in [9.17, 15) is 4.79 Å². The lowest BCUT2D eigenvalue weighted by atomic mass is 10.1. The standard InChI is InChI=1S/C18H12Cl2N2O2S/c1-24-18(23)13(11-4-6-21-7-5-11)9-17-22-16(10-25-17)14-8-12(19)2-3-15(14)20/h2-10H,1H3/b13-9+. The molecule has 4 nitrogen and oxygen atoms in total. The summed E-state index contributed by atoms with van der Waals surface area (Å²) < 4.78 is 4.88. The fraction of sp³-hybridized carbons (Fsp3) is 0.0556. The van der Waals surface area contributed by atoms with Gasteiger partial charge in [0.25, 0.3) is 0 Å². The summed E-state index contributed by atoms with van der Waals surface area (Å²) in [7, 11) is 1.34. The number of hydrogen-bond donors (Lipinski definition) is 0. The summed E-state index contributed by atoms with van der Waals surface area (Å²) in [5.41, 5.74) is 2.55. The number of halogens is 2. The first-order valence-electron chi connectivity index (χ1n) is 7.20. The fourth-order valence-corrected chi connectivity index (χ4v) is 3.33. The van der Waals surface area contributed by atoms with Gasteiger partial charge in [-0.25, -0.2) is 9.78 Å². The summed E-state index contributed by atoms with van der Waals surface area (Å²) in [5.74, 6) is -0.441. The van der Waals surface area contributed by atoms with Crippen molar-refractivity contribution in [3.8, 4) is 11.3 Å². The number of hydrogen-bond acceptors (Lipinski definition) is 5. The molecule has 2 aromatic heterocycles. The number of rotatable bonds is 4. The van der Waals surface area contributed by atoms with Gasteiger partial charge in [0.1, 0.15) is 5.01 Å². The van der Waals surface area contributed by atoms with Gasteiger partial charge in [-0.2, -0.15) is 0 Å². The van der Waals surface area contributed by atoms with E-state index < -0.39 is 5.97 Å². The summed E-state index contributed by atoms with van der Waals surface area (Å²) in [6.07, 6.45) is 4.92. The van der Waals surface area contributed by atoms with Crippen LogP contribution in [0.25, 0.3) is 22.9 Å². The predicted molar refractivity (Wildman–Crippen MR) is 102 cm³/mol. The van der Waals surface area contributed by atoms with Gasteiger partial charge in [-0.3, -0.25) is 4.98 Å². The van der Waals surface area contributed by atoms with Crippen molar-refractivity contribution in [3.05, 3.63) is 68.7 Å². The first-order valence-corrected chi connectivity index (χ1v) is 8.83. The van der Waals surface area contributed by atoms with Gasteiger partial charge in [0, 0.05) is 28.4 Å². The monoisotopic (exact) mass is 390 g/mol. The molecular weight excluding hydrogens is 379 g/mol. The third-order valence-corrected chi connectivity index (χ3v) is 4.75. The number of pyridine rings is 1. The highest BCUT2D eigenvalue weighted by Crippen LogP contribution is 2.32. The van der Waals surface area contributed by atoms with E-state index >= 15 is 0 Å². The number of esters is 1. The number of ether oxygens (including phenoxy) is 1. The second-order valence-electron chi connectivity index (χ2n) is 4.98. The molecule has 7 heteroatoms. The van der Waals surface area contributed by atoms with Gasteiger partial charge in [-0.1, -0.05) is 23.2 Å². The molecule has 25 heavy (non-hydrogen) atoms. The quantitative estimate of drug-likeness (QED) is 0.452. The summed E-state index contributed by atoms with van der Waals surface area (Å²) in [6.45, 7) is 0. The molecule has 0 aliphatic heterocycles. The molecule has 3 aromatic rings. The molecule has 0 amide bonds. The van der Waals surface area contributed by atoms with Gasteiger partial charge in [-0.05, 0) is 42.0 Å².